The minimum Gasteiger partial charge on any atom is -0.300 e. The number of hydrogen-bond donors (Lipinski definition) is 0. The van der Waals surface area contributed by atoms with Gasteiger partial charge in [0.2, 0.25) is 0 Å². The topological polar surface area (TPSA) is 3.24 Å². The lowest BCUT2D eigenvalue weighted by atomic mass is 9.92. The SMILES string of the molecule is CCCCN1CCCC(C)C1C. The fourth-order valence-corrected chi connectivity index (χ4v) is 2.10. The second-order valence-corrected chi connectivity index (χ2v) is 4.25. The van der Waals surface area contributed by atoms with E-state index in [2.05, 4.69) is 25.7 Å². The Bertz CT molecular complexity index is 122. The molecule has 0 N–H and O–H groups in total. The molecule has 0 aliphatic carbocycles. The van der Waals surface area contributed by atoms with Gasteiger partial charge in [-0.25, -0.2) is 0 Å². The molecule has 1 aliphatic heterocycles. The summed E-state index contributed by atoms with van der Waals surface area (Å²) in [7, 11) is 0. The van der Waals surface area contributed by atoms with Crippen molar-refractivity contribution in [2.45, 2.75) is 52.5 Å². The van der Waals surface area contributed by atoms with Crippen LogP contribution in [0.3, 0.4) is 0 Å². The van der Waals surface area contributed by atoms with Crippen molar-refractivity contribution in [1.29, 1.82) is 0 Å². The number of unbranched alkanes of at least 4 members (excludes halogenated alkanes) is 1. The smallest absolute Gasteiger partial charge is 0.00925 e. The van der Waals surface area contributed by atoms with Crippen LogP contribution >= 0.6 is 0 Å². The van der Waals surface area contributed by atoms with E-state index in [0.717, 1.165) is 12.0 Å². The predicted molar refractivity (Wildman–Crippen MR) is 54.3 cm³/mol. The Morgan fingerprint density at radius 3 is 2.75 bits per heavy atom. The van der Waals surface area contributed by atoms with Crippen LogP contribution < -0.4 is 0 Å². The zero-order chi connectivity index (χ0) is 8.97. The molecule has 0 aromatic carbocycles. The number of nitrogens with zero attached hydrogens (tertiary/aromatic N) is 1. The molecule has 0 radical (unpaired) electrons. The van der Waals surface area contributed by atoms with Crippen molar-refractivity contribution in [3.05, 3.63) is 0 Å². The molecule has 0 bridgehead atoms. The molecule has 1 heteroatoms. The highest BCUT2D eigenvalue weighted by atomic mass is 15.2. The summed E-state index contributed by atoms with van der Waals surface area (Å²) < 4.78 is 0. The second-order valence-electron chi connectivity index (χ2n) is 4.25. The van der Waals surface area contributed by atoms with Gasteiger partial charge in [-0.3, -0.25) is 0 Å². The van der Waals surface area contributed by atoms with Gasteiger partial charge in [0.1, 0.15) is 0 Å². The molecule has 0 spiro atoms. The third-order valence-electron chi connectivity index (χ3n) is 3.30. The Labute approximate surface area is 77.1 Å². The average molecular weight is 169 g/mol. The highest BCUT2D eigenvalue weighted by Gasteiger charge is 2.23. The lowest BCUT2D eigenvalue weighted by molar-refractivity contribution is 0.112. The van der Waals surface area contributed by atoms with Gasteiger partial charge in [0.15, 0.2) is 0 Å². The van der Waals surface area contributed by atoms with Gasteiger partial charge in [0, 0.05) is 6.04 Å². The van der Waals surface area contributed by atoms with Gasteiger partial charge in [-0.15, -0.1) is 0 Å². The van der Waals surface area contributed by atoms with Crippen molar-refractivity contribution >= 4 is 0 Å². The molecule has 2 atom stereocenters. The minimum atomic E-state index is 0.824. The lowest BCUT2D eigenvalue weighted by Gasteiger charge is -2.37. The van der Waals surface area contributed by atoms with Crippen molar-refractivity contribution < 1.29 is 0 Å². The Morgan fingerprint density at radius 1 is 1.33 bits per heavy atom. The molecule has 1 rings (SSSR count). The molecule has 0 saturated carbocycles. The maximum atomic E-state index is 2.66. The standard InChI is InChI=1S/C11H23N/c1-4-5-8-12-9-6-7-10(2)11(12)3/h10-11H,4-9H2,1-3H3. The summed E-state index contributed by atoms with van der Waals surface area (Å²) in [6.45, 7) is 9.72. The maximum absolute atomic E-state index is 2.66. The van der Waals surface area contributed by atoms with E-state index in [-0.39, 0.29) is 0 Å². The molecule has 0 amide bonds. The van der Waals surface area contributed by atoms with E-state index in [1.807, 2.05) is 0 Å². The molecule has 1 heterocycles. The van der Waals surface area contributed by atoms with Crippen LogP contribution in [0.15, 0.2) is 0 Å². The molecule has 0 aromatic rings. The number of hydrogen-bond acceptors (Lipinski definition) is 1. The summed E-state index contributed by atoms with van der Waals surface area (Å²) in [6, 6.07) is 0.824. The van der Waals surface area contributed by atoms with Crippen molar-refractivity contribution in [1.82, 2.24) is 4.90 Å². The Kier molecular flexibility index (Phi) is 4.07. The molecule has 1 fully saturated rings. The van der Waals surface area contributed by atoms with Crippen molar-refractivity contribution in [3.8, 4) is 0 Å². The van der Waals surface area contributed by atoms with E-state index in [1.165, 1.54) is 38.8 Å². The zero-order valence-corrected chi connectivity index (χ0v) is 8.84. The van der Waals surface area contributed by atoms with E-state index in [1.54, 1.807) is 0 Å². The number of piperidine rings is 1. The van der Waals surface area contributed by atoms with Crippen molar-refractivity contribution in [2.24, 2.45) is 5.92 Å². The van der Waals surface area contributed by atoms with Gasteiger partial charge in [-0.05, 0) is 45.2 Å². The normalized spacial score (nSPS) is 32.2. The van der Waals surface area contributed by atoms with Gasteiger partial charge in [-0.2, -0.15) is 0 Å². The Balaban J connectivity index is 2.30. The van der Waals surface area contributed by atoms with E-state index in [9.17, 15) is 0 Å². The predicted octanol–water partition coefficient (Wildman–Crippen LogP) is 2.91. The van der Waals surface area contributed by atoms with E-state index >= 15 is 0 Å². The molecule has 1 saturated heterocycles. The lowest BCUT2D eigenvalue weighted by Crippen LogP contribution is -2.42. The van der Waals surface area contributed by atoms with Crippen LogP contribution in [0.5, 0.6) is 0 Å². The molecule has 1 nitrogen and oxygen atoms in total. The Hall–Kier alpha value is -0.0400. The second kappa shape index (κ2) is 4.86. The average Bonchev–Trinajstić information content (AvgIpc) is 2.08. The first kappa shape index (κ1) is 10.0. The van der Waals surface area contributed by atoms with Crippen LogP contribution in [0.2, 0.25) is 0 Å². The fraction of sp³-hybridized carbons (Fsp3) is 1.00. The molecule has 12 heavy (non-hydrogen) atoms. The zero-order valence-electron chi connectivity index (χ0n) is 8.84. The first-order chi connectivity index (χ1) is 5.75. The quantitative estimate of drug-likeness (QED) is 0.628. The highest BCUT2D eigenvalue weighted by molar-refractivity contribution is 4.77. The van der Waals surface area contributed by atoms with Gasteiger partial charge >= 0.3 is 0 Å². The van der Waals surface area contributed by atoms with Gasteiger partial charge in [0.05, 0.1) is 0 Å². The molecular weight excluding hydrogens is 146 g/mol. The van der Waals surface area contributed by atoms with E-state index in [0.29, 0.717) is 0 Å². The first-order valence-electron chi connectivity index (χ1n) is 5.49. The van der Waals surface area contributed by atoms with Crippen molar-refractivity contribution in [2.75, 3.05) is 13.1 Å². The van der Waals surface area contributed by atoms with Crippen molar-refractivity contribution in [3.63, 3.8) is 0 Å². The maximum Gasteiger partial charge on any atom is 0.00925 e. The van der Waals surface area contributed by atoms with Gasteiger partial charge in [0.25, 0.3) is 0 Å². The molecule has 0 aromatic heterocycles. The largest absolute Gasteiger partial charge is 0.300 e. The van der Waals surface area contributed by atoms with Crippen LogP contribution in [-0.2, 0) is 0 Å². The monoisotopic (exact) mass is 169 g/mol. The molecule has 2 unspecified atom stereocenters. The number of rotatable bonds is 3. The van der Waals surface area contributed by atoms with Crippen LogP contribution in [0.1, 0.15) is 46.5 Å². The summed E-state index contributed by atoms with van der Waals surface area (Å²) in [5.74, 6) is 0.913. The summed E-state index contributed by atoms with van der Waals surface area (Å²) in [6.07, 6.45) is 5.55. The molecule has 1 aliphatic rings. The van der Waals surface area contributed by atoms with Crippen LogP contribution in [-0.4, -0.2) is 24.0 Å². The van der Waals surface area contributed by atoms with Crippen LogP contribution in [0.4, 0.5) is 0 Å². The third kappa shape index (κ3) is 2.48. The van der Waals surface area contributed by atoms with Crippen LogP contribution in [0, 0.1) is 5.92 Å². The van der Waals surface area contributed by atoms with Gasteiger partial charge in [-0.1, -0.05) is 20.3 Å². The molecular formula is C11H23N. The highest BCUT2D eigenvalue weighted by Crippen LogP contribution is 2.22. The summed E-state index contributed by atoms with van der Waals surface area (Å²) in [4.78, 5) is 2.66. The van der Waals surface area contributed by atoms with E-state index in [4.69, 9.17) is 0 Å². The summed E-state index contributed by atoms with van der Waals surface area (Å²) in [5.41, 5.74) is 0. The van der Waals surface area contributed by atoms with E-state index < -0.39 is 0 Å². The molecule has 72 valence electrons. The third-order valence-corrected chi connectivity index (χ3v) is 3.30. The summed E-state index contributed by atoms with van der Waals surface area (Å²) in [5, 5.41) is 0. The van der Waals surface area contributed by atoms with Gasteiger partial charge < -0.3 is 4.90 Å². The fourth-order valence-electron chi connectivity index (χ4n) is 2.10. The number of likely N-dealkylation sites (tertiary alicyclic amines) is 1. The first-order valence-corrected chi connectivity index (χ1v) is 5.49. The summed E-state index contributed by atoms with van der Waals surface area (Å²) >= 11 is 0. The minimum absolute atomic E-state index is 0.824. The van der Waals surface area contributed by atoms with Crippen LogP contribution in [0.25, 0.3) is 0 Å². The Morgan fingerprint density at radius 2 is 2.08 bits per heavy atom.